The highest BCUT2D eigenvalue weighted by molar-refractivity contribution is 6.31. The highest BCUT2D eigenvalue weighted by Crippen LogP contribution is 2.18. The molecule has 0 aliphatic carbocycles. The molecule has 0 atom stereocenters. The van der Waals surface area contributed by atoms with E-state index in [0.717, 1.165) is 30.2 Å². The maximum Gasteiger partial charge on any atom is 0.321 e. The number of anilines is 2. The number of hydrogen-bond donors (Lipinski definition) is 2. The van der Waals surface area contributed by atoms with Crippen molar-refractivity contribution >= 4 is 34.9 Å². The molecule has 0 unspecified atom stereocenters. The van der Waals surface area contributed by atoms with E-state index in [1.165, 1.54) is 6.92 Å². The molecule has 6 nitrogen and oxygen atoms in total. The van der Waals surface area contributed by atoms with E-state index in [0.29, 0.717) is 24.5 Å². The number of piperazine rings is 1. The van der Waals surface area contributed by atoms with Gasteiger partial charge < -0.3 is 15.5 Å². The third kappa shape index (κ3) is 5.45. The number of hydrogen-bond acceptors (Lipinski definition) is 3. The largest absolute Gasteiger partial charge is 0.326 e. The van der Waals surface area contributed by atoms with Crippen LogP contribution in [0.4, 0.5) is 16.2 Å². The third-order valence-electron chi connectivity index (χ3n) is 4.47. The zero-order valence-electron chi connectivity index (χ0n) is 15.2. The molecule has 1 fully saturated rings. The van der Waals surface area contributed by atoms with Crippen LogP contribution < -0.4 is 10.6 Å². The van der Waals surface area contributed by atoms with Gasteiger partial charge in [0.1, 0.15) is 0 Å². The molecular formula is C20H23ClN4O2. The molecule has 0 aromatic heterocycles. The molecule has 3 rings (SSSR count). The molecule has 1 saturated heterocycles. The number of carbonyl (C=O) groups is 2. The molecule has 2 N–H and O–H groups in total. The van der Waals surface area contributed by atoms with Crippen molar-refractivity contribution < 1.29 is 9.59 Å². The zero-order chi connectivity index (χ0) is 19.2. The highest BCUT2D eigenvalue weighted by atomic mass is 35.5. The molecular weight excluding hydrogens is 364 g/mol. The monoisotopic (exact) mass is 386 g/mol. The summed E-state index contributed by atoms with van der Waals surface area (Å²) in [4.78, 5) is 27.6. The van der Waals surface area contributed by atoms with E-state index >= 15 is 0 Å². The minimum atomic E-state index is -0.124. The van der Waals surface area contributed by atoms with Crippen LogP contribution in [0.1, 0.15) is 12.5 Å². The Balaban J connectivity index is 1.48. The van der Waals surface area contributed by atoms with Crippen LogP contribution in [0, 0.1) is 0 Å². The number of benzene rings is 2. The van der Waals surface area contributed by atoms with E-state index in [1.807, 2.05) is 29.2 Å². The van der Waals surface area contributed by atoms with Crippen LogP contribution in [0.5, 0.6) is 0 Å². The summed E-state index contributed by atoms with van der Waals surface area (Å²) in [6.45, 7) is 5.20. The molecule has 3 amide bonds. The second-order valence-corrected chi connectivity index (χ2v) is 6.95. The van der Waals surface area contributed by atoms with Crippen molar-refractivity contribution in [1.82, 2.24) is 9.80 Å². The molecule has 2 aromatic carbocycles. The molecule has 0 radical (unpaired) electrons. The molecule has 1 aliphatic heterocycles. The van der Waals surface area contributed by atoms with Crippen LogP contribution in [-0.4, -0.2) is 47.9 Å². The Morgan fingerprint density at radius 2 is 1.52 bits per heavy atom. The van der Waals surface area contributed by atoms with Crippen LogP contribution in [0.2, 0.25) is 5.02 Å². The first kappa shape index (κ1) is 19.2. The van der Waals surface area contributed by atoms with Crippen molar-refractivity contribution in [2.24, 2.45) is 0 Å². The lowest BCUT2D eigenvalue weighted by molar-refractivity contribution is -0.114. The maximum atomic E-state index is 12.5. The Bertz CT molecular complexity index is 802. The van der Waals surface area contributed by atoms with Crippen LogP contribution in [0.15, 0.2) is 48.5 Å². The Hall–Kier alpha value is -2.57. The topological polar surface area (TPSA) is 64.7 Å². The molecule has 27 heavy (non-hydrogen) atoms. The predicted octanol–water partition coefficient (Wildman–Crippen LogP) is 3.65. The van der Waals surface area contributed by atoms with Gasteiger partial charge in [-0.3, -0.25) is 9.69 Å². The Labute approximate surface area is 164 Å². The number of carbonyl (C=O) groups excluding carboxylic acids is 2. The quantitative estimate of drug-likeness (QED) is 0.843. The van der Waals surface area contributed by atoms with Gasteiger partial charge in [-0.25, -0.2) is 4.79 Å². The molecule has 0 bridgehead atoms. The Morgan fingerprint density at radius 1 is 0.926 bits per heavy atom. The summed E-state index contributed by atoms with van der Waals surface area (Å²) in [5.41, 5.74) is 2.51. The first-order chi connectivity index (χ1) is 13.0. The maximum absolute atomic E-state index is 12.5. The summed E-state index contributed by atoms with van der Waals surface area (Å²) < 4.78 is 0. The van der Waals surface area contributed by atoms with Gasteiger partial charge in [-0.05, 0) is 35.9 Å². The summed E-state index contributed by atoms with van der Waals surface area (Å²) in [6.07, 6.45) is 0. The Morgan fingerprint density at radius 3 is 2.11 bits per heavy atom. The normalized spacial score (nSPS) is 14.7. The van der Waals surface area contributed by atoms with Crippen molar-refractivity contribution in [1.29, 1.82) is 0 Å². The van der Waals surface area contributed by atoms with E-state index in [-0.39, 0.29) is 11.9 Å². The molecule has 1 heterocycles. The number of nitrogens with zero attached hydrogens (tertiary/aromatic N) is 2. The van der Waals surface area contributed by atoms with Crippen LogP contribution in [-0.2, 0) is 11.3 Å². The van der Waals surface area contributed by atoms with Crippen LogP contribution in [0.3, 0.4) is 0 Å². The van der Waals surface area contributed by atoms with Gasteiger partial charge in [0.25, 0.3) is 0 Å². The van der Waals surface area contributed by atoms with Crippen LogP contribution >= 0.6 is 11.6 Å². The summed E-state index contributed by atoms with van der Waals surface area (Å²) in [5.74, 6) is -0.124. The summed E-state index contributed by atoms with van der Waals surface area (Å²) in [6, 6.07) is 14.8. The van der Waals surface area contributed by atoms with Crippen molar-refractivity contribution in [3.8, 4) is 0 Å². The number of halogens is 1. The van der Waals surface area contributed by atoms with Gasteiger partial charge >= 0.3 is 6.03 Å². The average Bonchev–Trinajstić information content (AvgIpc) is 2.65. The fourth-order valence-electron chi connectivity index (χ4n) is 3.02. The van der Waals surface area contributed by atoms with Gasteiger partial charge in [-0.1, -0.05) is 29.8 Å². The van der Waals surface area contributed by atoms with Crippen molar-refractivity contribution in [2.45, 2.75) is 13.5 Å². The standard InChI is InChI=1S/C20H23ClN4O2/c1-15(26)22-17-6-8-18(9-7-17)23-20(27)25-12-10-24(11-13-25)14-16-4-2-3-5-19(16)21/h2-9H,10-14H2,1H3,(H,22,26)(H,23,27). The molecule has 2 aromatic rings. The van der Waals surface area contributed by atoms with Gasteiger partial charge in [0, 0.05) is 56.0 Å². The number of nitrogens with one attached hydrogen (secondary N) is 2. The first-order valence-corrected chi connectivity index (χ1v) is 9.28. The minimum Gasteiger partial charge on any atom is -0.326 e. The number of urea groups is 1. The lowest BCUT2D eigenvalue weighted by Crippen LogP contribution is -2.49. The number of rotatable bonds is 4. The van der Waals surface area contributed by atoms with E-state index in [9.17, 15) is 9.59 Å². The van der Waals surface area contributed by atoms with Crippen molar-refractivity contribution in [3.63, 3.8) is 0 Å². The second-order valence-electron chi connectivity index (χ2n) is 6.54. The Kier molecular flexibility index (Phi) is 6.32. The van der Waals surface area contributed by atoms with Gasteiger partial charge in [0.05, 0.1) is 0 Å². The summed E-state index contributed by atoms with van der Waals surface area (Å²) in [5, 5.41) is 6.38. The van der Waals surface area contributed by atoms with E-state index in [1.54, 1.807) is 24.3 Å². The predicted molar refractivity (Wildman–Crippen MR) is 108 cm³/mol. The van der Waals surface area contributed by atoms with Gasteiger partial charge in [0.15, 0.2) is 0 Å². The van der Waals surface area contributed by atoms with E-state index in [4.69, 9.17) is 11.6 Å². The van der Waals surface area contributed by atoms with Gasteiger partial charge in [-0.2, -0.15) is 0 Å². The lowest BCUT2D eigenvalue weighted by atomic mass is 10.2. The van der Waals surface area contributed by atoms with E-state index < -0.39 is 0 Å². The first-order valence-electron chi connectivity index (χ1n) is 8.90. The average molecular weight is 387 g/mol. The smallest absolute Gasteiger partial charge is 0.321 e. The third-order valence-corrected chi connectivity index (χ3v) is 4.84. The summed E-state index contributed by atoms with van der Waals surface area (Å²) in [7, 11) is 0. The zero-order valence-corrected chi connectivity index (χ0v) is 16.0. The molecule has 1 aliphatic rings. The lowest BCUT2D eigenvalue weighted by Gasteiger charge is -2.34. The highest BCUT2D eigenvalue weighted by Gasteiger charge is 2.21. The number of amides is 3. The SMILES string of the molecule is CC(=O)Nc1ccc(NC(=O)N2CCN(Cc3ccccc3Cl)CC2)cc1. The van der Waals surface area contributed by atoms with Crippen molar-refractivity contribution in [3.05, 3.63) is 59.1 Å². The van der Waals surface area contributed by atoms with E-state index in [2.05, 4.69) is 15.5 Å². The second kappa shape index (κ2) is 8.88. The molecule has 0 spiro atoms. The fraction of sp³-hybridized carbons (Fsp3) is 0.300. The van der Waals surface area contributed by atoms with Crippen molar-refractivity contribution in [2.75, 3.05) is 36.8 Å². The summed E-state index contributed by atoms with van der Waals surface area (Å²) >= 11 is 6.23. The van der Waals surface area contributed by atoms with Gasteiger partial charge in [0.2, 0.25) is 5.91 Å². The minimum absolute atomic E-state index is 0.111. The van der Waals surface area contributed by atoms with Crippen LogP contribution in [0.25, 0.3) is 0 Å². The van der Waals surface area contributed by atoms with Gasteiger partial charge in [-0.15, -0.1) is 0 Å². The molecule has 7 heteroatoms. The fourth-order valence-corrected chi connectivity index (χ4v) is 3.21. The molecule has 142 valence electrons. The molecule has 0 saturated carbocycles.